The highest BCUT2D eigenvalue weighted by Crippen LogP contribution is 2.28. The van der Waals surface area contributed by atoms with Gasteiger partial charge in [0.05, 0.1) is 11.9 Å². The van der Waals surface area contributed by atoms with Crippen LogP contribution >= 0.6 is 0 Å². The van der Waals surface area contributed by atoms with E-state index in [1.54, 1.807) is 8.99 Å². The van der Waals surface area contributed by atoms with Crippen molar-refractivity contribution in [2.45, 2.75) is 31.3 Å². The minimum atomic E-state index is -3.52. The molecule has 0 bridgehead atoms. The molecule has 1 aromatic heterocycles. The van der Waals surface area contributed by atoms with Crippen LogP contribution in [0.1, 0.15) is 24.2 Å². The first-order valence-corrected chi connectivity index (χ1v) is 9.67. The molecule has 0 amide bonds. The van der Waals surface area contributed by atoms with Crippen LogP contribution in [-0.2, 0) is 16.6 Å². The number of aromatic nitrogens is 2. The number of hydrogen-bond acceptors (Lipinski definition) is 4. The van der Waals surface area contributed by atoms with E-state index in [0.717, 1.165) is 5.56 Å². The summed E-state index contributed by atoms with van der Waals surface area (Å²) in [5, 5.41) is 4.19. The number of aryl methyl sites for hydroxylation is 1. The first-order chi connectivity index (χ1) is 11.4. The first-order valence-electron chi connectivity index (χ1n) is 8.23. The topological polar surface area (TPSA) is 58.4 Å². The monoisotopic (exact) mass is 348 g/mol. The molecule has 1 saturated heterocycles. The average Bonchev–Trinajstić information content (AvgIpc) is 2.97. The molecule has 1 aromatic carbocycles. The van der Waals surface area contributed by atoms with E-state index in [1.165, 1.54) is 6.20 Å². The summed E-state index contributed by atoms with van der Waals surface area (Å²) in [5.74, 6) is 0. The Hall–Kier alpha value is -1.70. The van der Waals surface area contributed by atoms with Crippen LogP contribution < -0.4 is 0 Å². The lowest BCUT2D eigenvalue weighted by atomic mass is 10.0. The third kappa shape index (κ3) is 2.99. The van der Waals surface area contributed by atoms with Gasteiger partial charge in [0, 0.05) is 32.2 Å². The van der Waals surface area contributed by atoms with Gasteiger partial charge in [-0.3, -0.25) is 9.58 Å². The third-order valence-corrected chi connectivity index (χ3v) is 6.74. The summed E-state index contributed by atoms with van der Waals surface area (Å²) in [6.45, 7) is 6.10. The molecule has 1 aliphatic rings. The normalized spacial score (nSPS) is 20.4. The number of nitrogens with zero attached hydrogens (tertiary/aromatic N) is 4. The van der Waals surface area contributed by atoms with E-state index in [2.05, 4.69) is 22.1 Å². The van der Waals surface area contributed by atoms with Gasteiger partial charge in [-0.05, 0) is 26.5 Å². The lowest BCUT2D eigenvalue weighted by molar-refractivity contribution is 0.148. The zero-order valence-corrected chi connectivity index (χ0v) is 15.2. The molecule has 3 rings (SSSR count). The van der Waals surface area contributed by atoms with E-state index in [-0.39, 0.29) is 6.04 Å². The highest BCUT2D eigenvalue weighted by atomic mass is 32.2. The van der Waals surface area contributed by atoms with Crippen molar-refractivity contribution in [2.75, 3.05) is 26.7 Å². The maximum atomic E-state index is 13.1. The van der Waals surface area contributed by atoms with Gasteiger partial charge in [0.15, 0.2) is 0 Å². The van der Waals surface area contributed by atoms with Gasteiger partial charge < -0.3 is 0 Å². The Bertz CT molecular complexity index is 801. The van der Waals surface area contributed by atoms with Gasteiger partial charge in [0.25, 0.3) is 0 Å². The number of rotatable bonds is 4. The summed E-state index contributed by atoms with van der Waals surface area (Å²) in [5.41, 5.74) is 1.84. The van der Waals surface area contributed by atoms with Gasteiger partial charge in [-0.15, -0.1) is 0 Å². The molecule has 1 fully saturated rings. The smallest absolute Gasteiger partial charge is 0.246 e. The molecule has 0 radical (unpaired) electrons. The number of likely N-dealkylation sites (N-methyl/N-ethyl adjacent to an activating group) is 1. The summed E-state index contributed by atoms with van der Waals surface area (Å²) >= 11 is 0. The molecule has 7 heteroatoms. The van der Waals surface area contributed by atoms with Gasteiger partial charge in [-0.25, -0.2) is 8.42 Å². The molecule has 2 aromatic rings. The van der Waals surface area contributed by atoms with Gasteiger partial charge in [-0.1, -0.05) is 30.3 Å². The second-order valence-electron chi connectivity index (χ2n) is 6.18. The van der Waals surface area contributed by atoms with Gasteiger partial charge in [0.2, 0.25) is 10.0 Å². The fourth-order valence-corrected chi connectivity index (χ4v) is 4.84. The van der Waals surface area contributed by atoms with E-state index >= 15 is 0 Å². The van der Waals surface area contributed by atoms with E-state index in [4.69, 9.17) is 0 Å². The van der Waals surface area contributed by atoms with E-state index in [0.29, 0.717) is 36.8 Å². The summed E-state index contributed by atoms with van der Waals surface area (Å²) in [6, 6.07) is 10.1. The van der Waals surface area contributed by atoms with Crippen molar-refractivity contribution in [2.24, 2.45) is 0 Å². The number of piperazine rings is 1. The molecule has 24 heavy (non-hydrogen) atoms. The Labute approximate surface area is 143 Å². The van der Waals surface area contributed by atoms with Crippen LogP contribution in [0.25, 0.3) is 0 Å². The Morgan fingerprint density at radius 1 is 1.21 bits per heavy atom. The molecule has 1 unspecified atom stereocenters. The predicted octanol–water partition coefficient (Wildman–Crippen LogP) is 1.89. The molecule has 0 spiro atoms. The number of hydrogen-bond donors (Lipinski definition) is 0. The molecule has 2 heterocycles. The summed E-state index contributed by atoms with van der Waals surface area (Å²) in [6.07, 6.45) is 1.48. The second kappa shape index (κ2) is 6.66. The van der Waals surface area contributed by atoms with E-state index in [9.17, 15) is 8.42 Å². The van der Waals surface area contributed by atoms with Crippen molar-refractivity contribution >= 4 is 10.0 Å². The van der Waals surface area contributed by atoms with Crippen molar-refractivity contribution in [3.63, 3.8) is 0 Å². The molecule has 1 aliphatic heterocycles. The Balaban J connectivity index is 1.90. The lowest BCUT2D eigenvalue weighted by Gasteiger charge is -2.38. The van der Waals surface area contributed by atoms with Crippen LogP contribution in [0.2, 0.25) is 0 Å². The first kappa shape index (κ1) is 17.1. The largest absolute Gasteiger partial charge is 0.297 e. The number of sulfonamides is 1. The number of benzene rings is 1. The van der Waals surface area contributed by atoms with Crippen molar-refractivity contribution in [1.82, 2.24) is 19.0 Å². The van der Waals surface area contributed by atoms with Crippen LogP contribution in [0.4, 0.5) is 0 Å². The third-order valence-electron chi connectivity index (χ3n) is 4.77. The van der Waals surface area contributed by atoms with Crippen LogP contribution in [0.5, 0.6) is 0 Å². The summed E-state index contributed by atoms with van der Waals surface area (Å²) < 4.78 is 29.5. The maximum absolute atomic E-state index is 13.1. The van der Waals surface area contributed by atoms with Crippen LogP contribution in [0.15, 0.2) is 41.4 Å². The molecular weight excluding hydrogens is 324 g/mol. The second-order valence-corrected chi connectivity index (χ2v) is 8.09. The quantitative estimate of drug-likeness (QED) is 0.847. The van der Waals surface area contributed by atoms with Gasteiger partial charge >= 0.3 is 0 Å². The Morgan fingerprint density at radius 3 is 2.54 bits per heavy atom. The van der Waals surface area contributed by atoms with Gasteiger partial charge in [0.1, 0.15) is 4.90 Å². The standard InChI is InChI=1S/C17H24N4O2S/c1-4-21-14(2)17(12-18-21)24(22,23)20-11-10-19(3)16(13-20)15-8-6-5-7-9-15/h5-9,12,16H,4,10-11,13H2,1-3H3. The molecule has 130 valence electrons. The zero-order valence-electron chi connectivity index (χ0n) is 14.4. The van der Waals surface area contributed by atoms with Crippen LogP contribution in [0.3, 0.4) is 0 Å². The van der Waals surface area contributed by atoms with Crippen LogP contribution in [0, 0.1) is 6.92 Å². The van der Waals surface area contributed by atoms with Crippen molar-refractivity contribution < 1.29 is 8.42 Å². The minimum Gasteiger partial charge on any atom is -0.297 e. The van der Waals surface area contributed by atoms with Gasteiger partial charge in [-0.2, -0.15) is 9.40 Å². The van der Waals surface area contributed by atoms with E-state index in [1.807, 2.05) is 39.1 Å². The summed E-state index contributed by atoms with van der Waals surface area (Å²) in [4.78, 5) is 2.53. The Kier molecular flexibility index (Phi) is 4.76. The Morgan fingerprint density at radius 2 is 1.92 bits per heavy atom. The molecule has 0 saturated carbocycles. The maximum Gasteiger partial charge on any atom is 0.246 e. The van der Waals surface area contributed by atoms with Crippen molar-refractivity contribution in [3.8, 4) is 0 Å². The lowest BCUT2D eigenvalue weighted by Crippen LogP contribution is -2.48. The van der Waals surface area contributed by atoms with Crippen molar-refractivity contribution in [3.05, 3.63) is 47.8 Å². The molecule has 6 nitrogen and oxygen atoms in total. The van der Waals surface area contributed by atoms with Crippen LogP contribution in [-0.4, -0.2) is 54.1 Å². The van der Waals surface area contributed by atoms with E-state index < -0.39 is 10.0 Å². The molecule has 0 N–H and O–H groups in total. The molecule has 1 atom stereocenters. The highest BCUT2D eigenvalue weighted by Gasteiger charge is 2.35. The minimum absolute atomic E-state index is 0.0660. The SMILES string of the molecule is CCn1ncc(S(=O)(=O)N2CCN(C)C(c3ccccc3)C2)c1C. The molecular formula is C17H24N4O2S. The summed E-state index contributed by atoms with van der Waals surface area (Å²) in [7, 11) is -1.48. The fraction of sp³-hybridized carbons (Fsp3) is 0.471. The molecule has 0 aliphatic carbocycles. The fourth-order valence-electron chi connectivity index (χ4n) is 3.24. The average molecular weight is 348 g/mol. The zero-order chi connectivity index (χ0) is 17.3. The predicted molar refractivity (Wildman–Crippen MR) is 93.2 cm³/mol. The highest BCUT2D eigenvalue weighted by molar-refractivity contribution is 7.89. The van der Waals surface area contributed by atoms with Crippen molar-refractivity contribution in [1.29, 1.82) is 0 Å².